The second kappa shape index (κ2) is 15.6. The number of aryl methyl sites for hydroxylation is 1. The Morgan fingerprint density at radius 1 is 1.11 bits per heavy atom. The summed E-state index contributed by atoms with van der Waals surface area (Å²) in [6.07, 6.45) is 10.7. The number of allylic oxidation sites excluding steroid dienone is 1. The zero-order valence-electron chi connectivity index (χ0n) is 33.3. The molecule has 4 aliphatic heterocycles. The predicted octanol–water partition coefficient (Wildman–Crippen LogP) is 6.37. The van der Waals surface area contributed by atoms with Crippen LogP contribution >= 0.6 is 11.6 Å². The molecule has 1 unspecified atom stereocenters. The summed E-state index contributed by atoms with van der Waals surface area (Å²) in [6, 6.07) is 12.5. The lowest BCUT2D eigenvalue weighted by Gasteiger charge is -2.54. The number of piperazine rings is 1. The van der Waals surface area contributed by atoms with Crippen LogP contribution in [-0.2, 0) is 31.0 Å². The van der Waals surface area contributed by atoms with E-state index in [4.69, 9.17) is 25.8 Å². The van der Waals surface area contributed by atoms with Crippen molar-refractivity contribution in [2.45, 2.75) is 94.6 Å². The van der Waals surface area contributed by atoms with Gasteiger partial charge in [0.15, 0.2) is 0 Å². The van der Waals surface area contributed by atoms with E-state index >= 15 is 0 Å². The zero-order chi connectivity index (χ0) is 38.5. The van der Waals surface area contributed by atoms with E-state index < -0.39 is 15.3 Å². The highest BCUT2D eigenvalue weighted by molar-refractivity contribution is 7.99. The molecular weight excluding hydrogens is 732 g/mol. The topological polar surface area (TPSA) is 83.6 Å². The van der Waals surface area contributed by atoms with Gasteiger partial charge in [0, 0.05) is 73.1 Å². The van der Waals surface area contributed by atoms with Gasteiger partial charge in [0.2, 0.25) is 0 Å². The number of carbonyl (C=O) groups excluding carboxylic acids is 1. The molecule has 6 aliphatic rings. The van der Waals surface area contributed by atoms with Crippen LogP contribution < -0.4 is 14.4 Å². The van der Waals surface area contributed by atoms with Crippen LogP contribution in [0.3, 0.4) is 0 Å². The van der Waals surface area contributed by atoms with E-state index in [2.05, 4.69) is 70.3 Å². The molecule has 0 radical (unpaired) electrons. The number of benzene rings is 2. The van der Waals surface area contributed by atoms with E-state index in [-0.39, 0.29) is 34.5 Å². The van der Waals surface area contributed by atoms with Gasteiger partial charge in [-0.15, -0.1) is 0 Å². The fourth-order valence-electron chi connectivity index (χ4n) is 10.5. The van der Waals surface area contributed by atoms with E-state index in [9.17, 15) is 9.00 Å². The summed E-state index contributed by atoms with van der Waals surface area (Å²) in [5, 5.41) is 0.426. The monoisotopic (exact) mass is 792 g/mol. The van der Waals surface area contributed by atoms with Crippen LogP contribution in [0.2, 0.25) is 5.02 Å². The molecule has 8 atom stereocenters. The van der Waals surface area contributed by atoms with Gasteiger partial charge in [-0.2, -0.15) is 0 Å². The predicted molar refractivity (Wildman–Crippen MR) is 223 cm³/mol. The molecule has 1 N–H and O–H groups in total. The van der Waals surface area contributed by atoms with Crippen molar-refractivity contribution in [3.8, 4) is 5.75 Å². The molecule has 1 amide bonds. The Balaban J connectivity index is 1.21. The largest absolute Gasteiger partial charge is 0.490 e. The van der Waals surface area contributed by atoms with Crippen LogP contribution in [-0.4, -0.2) is 114 Å². The van der Waals surface area contributed by atoms with Crippen LogP contribution in [0.5, 0.6) is 5.75 Å². The first-order valence-corrected chi connectivity index (χ1v) is 22.9. The molecule has 2 aromatic rings. The molecule has 4 heterocycles. The Labute approximate surface area is 334 Å². The number of carbonyl (C=O) groups is 1. The molecule has 11 heteroatoms. The number of morpholine rings is 1. The van der Waals surface area contributed by atoms with Crippen molar-refractivity contribution in [2.75, 3.05) is 70.5 Å². The number of nitrogens with one attached hydrogen (secondary N) is 1. The summed E-state index contributed by atoms with van der Waals surface area (Å²) in [7, 11) is -2.97. The van der Waals surface area contributed by atoms with Crippen molar-refractivity contribution in [1.29, 1.82) is 0 Å². The number of hydrogen-bond acceptors (Lipinski definition) is 8. The van der Waals surface area contributed by atoms with Gasteiger partial charge >= 0.3 is 0 Å². The number of ether oxygens (including phenoxy) is 3. The quantitative estimate of drug-likeness (QED) is 0.283. The molecule has 300 valence electrons. The minimum absolute atomic E-state index is 0.0201. The maximum absolute atomic E-state index is 14.2. The van der Waals surface area contributed by atoms with Crippen LogP contribution in [0.4, 0.5) is 5.69 Å². The lowest BCUT2D eigenvalue weighted by molar-refractivity contribution is -0.143. The van der Waals surface area contributed by atoms with Crippen molar-refractivity contribution in [1.82, 2.24) is 14.5 Å². The molecule has 8 rings (SSSR count). The first kappa shape index (κ1) is 39.2. The molecule has 2 aliphatic carbocycles. The van der Waals surface area contributed by atoms with Crippen molar-refractivity contribution in [2.24, 2.45) is 17.8 Å². The highest BCUT2D eigenvalue weighted by atomic mass is 35.5. The Kier molecular flexibility index (Phi) is 11.1. The molecule has 0 aromatic heterocycles. The minimum Gasteiger partial charge on any atom is -0.490 e. The lowest BCUT2D eigenvalue weighted by atomic mass is 9.63. The van der Waals surface area contributed by atoms with Crippen LogP contribution in [0.25, 0.3) is 0 Å². The molecule has 9 nitrogen and oxygen atoms in total. The number of rotatable bonds is 4. The average Bonchev–Trinajstić information content (AvgIpc) is 3.28. The number of fused-ring (bicyclic) bond motifs is 5. The van der Waals surface area contributed by atoms with Gasteiger partial charge in [0.1, 0.15) is 11.4 Å². The Morgan fingerprint density at radius 2 is 1.96 bits per heavy atom. The first-order chi connectivity index (χ1) is 26.3. The highest BCUT2D eigenvalue weighted by Crippen LogP contribution is 2.50. The molecule has 3 fully saturated rings. The maximum atomic E-state index is 14.2. The van der Waals surface area contributed by atoms with Gasteiger partial charge in [-0.05, 0) is 124 Å². The minimum atomic E-state index is -2.97. The van der Waals surface area contributed by atoms with E-state index in [1.54, 1.807) is 6.07 Å². The van der Waals surface area contributed by atoms with Crippen LogP contribution in [0, 0.1) is 17.8 Å². The van der Waals surface area contributed by atoms with Crippen molar-refractivity contribution in [3.63, 3.8) is 0 Å². The molecule has 55 heavy (non-hydrogen) atoms. The fraction of sp³-hybridized carbons (Fsp3) is 0.636. The summed E-state index contributed by atoms with van der Waals surface area (Å²) in [4.78, 5) is 21.6. The third-order valence-electron chi connectivity index (χ3n) is 13.8. The highest BCUT2D eigenvalue weighted by Gasteiger charge is 2.51. The lowest BCUT2D eigenvalue weighted by Crippen LogP contribution is -2.63. The van der Waals surface area contributed by atoms with Gasteiger partial charge in [-0.1, -0.05) is 36.7 Å². The molecular formula is C44H61ClN4O5S. The van der Waals surface area contributed by atoms with Gasteiger partial charge in [0.05, 0.1) is 41.3 Å². The van der Waals surface area contributed by atoms with E-state index in [1.807, 2.05) is 25.1 Å². The summed E-state index contributed by atoms with van der Waals surface area (Å²) < 4.78 is 37.0. The maximum Gasteiger partial charge on any atom is 0.262 e. The molecule has 2 aromatic carbocycles. The van der Waals surface area contributed by atoms with Crippen LogP contribution in [0.1, 0.15) is 81.3 Å². The van der Waals surface area contributed by atoms with Crippen LogP contribution in [0.15, 0.2) is 48.6 Å². The Morgan fingerprint density at radius 3 is 2.76 bits per heavy atom. The zero-order valence-corrected chi connectivity index (χ0v) is 34.8. The Hall–Kier alpha value is -2.60. The number of halogens is 1. The number of hydrogen-bond donors (Lipinski definition) is 1. The normalized spacial score (nSPS) is 36.4. The first-order valence-electron chi connectivity index (χ1n) is 20.7. The number of nitrogens with zero attached hydrogens (tertiary/aromatic N) is 3. The number of anilines is 1. The standard InChI is InChI=1S/C44H61ClN4O5S/c1-30(2)54-44(28-47-18-19-48-20-21-52-26-37(48)25-47)17-6-8-31(3)32(4)55(5,51)46-42(50)34-11-15-41-40(23-34)49(24-35-10-13-39(35)44)27-43(29-53-41)16-7-9-33-22-36(45)12-14-38(33)43/h6,11-12,14-15,17,22-23,30-32,35,37,39H,5,7-10,13,16,18-21,24-29H2,1-4H3,(H,46,50,51)/b17-6+/t31-,32+,35-,37-,39+,43-,44-,55?/m0/s1. The van der Waals surface area contributed by atoms with E-state index in [0.717, 1.165) is 108 Å². The second-order valence-corrected chi connectivity index (χ2v) is 20.7. The molecule has 1 saturated carbocycles. The third-order valence-corrected chi connectivity index (χ3v) is 16.3. The van der Waals surface area contributed by atoms with Gasteiger partial charge in [-0.25, -0.2) is 4.21 Å². The third kappa shape index (κ3) is 7.85. The smallest absolute Gasteiger partial charge is 0.262 e. The van der Waals surface area contributed by atoms with Crippen molar-refractivity contribution < 1.29 is 23.2 Å². The second-order valence-electron chi connectivity index (χ2n) is 17.8. The Bertz CT molecular complexity index is 1890. The van der Waals surface area contributed by atoms with Gasteiger partial charge in [0.25, 0.3) is 5.91 Å². The molecule has 2 saturated heterocycles. The molecule has 2 bridgehead atoms. The van der Waals surface area contributed by atoms with E-state index in [0.29, 0.717) is 30.6 Å². The fourth-order valence-corrected chi connectivity index (χ4v) is 12.2. The van der Waals surface area contributed by atoms with E-state index in [1.165, 1.54) is 11.1 Å². The van der Waals surface area contributed by atoms with Gasteiger partial charge in [-0.3, -0.25) is 19.3 Å². The molecule has 1 spiro atoms. The average molecular weight is 794 g/mol. The van der Waals surface area contributed by atoms with Crippen molar-refractivity contribution >= 4 is 38.8 Å². The summed E-state index contributed by atoms with van der Waals surface area (Å²) >= 11 is 6.55. The summed E-state index contributed by atoms with van der Waals surface area (Å²) in [5.74, 6) is 5.19. The van der Waals surface area contributed by atoms with Crippen molar-refractivity contribution in [3.05, 3.63) is 70.3 Å². The SMILES string of the molecule is C=S1(=O)NC(=O)c2ccc3c(c2)N(C[C@@H]2CC[C@H]2[C@](CN2CCN4CCOC[C@@H]4C2)(OC(C)C)/C=C/C[C@H](C)[C@H]1C)C[C@@]1(CCCc2cc(Cl)ccc21)CO3. The van der Waals surface area contributed by atoms with Gasteiger partial charge < -0.3 is 19.1 Å². The summed E-state index contributed by atoms with van der Waals surface area (Å²) in [6.45, 7) is 17.0. The summed E-state index contributed by atoms with van der Waals surface area (Å²) in [5.41, 5.74) is 3.26. The number of amides is 1.